The highest BCUT2D eigenvalue weighted by atomic mass is 16.5. The van der Waals surface area contributed by atoms with Gasteiger partial charge in [-0.3, -0.25) is 4.79 Å². The van der Waals surface area contributed by atoms with Gasteiger partial charge in [0.1, 0.15) is 18.1 Å². The summed E-state index contributed by atoms with van der Waals surface area (Å²) in [6.45, 7) is 2.28. The molecule has 2 aromatic carbocycles. The zero-order valence-electron chi connectivity index (χ0n) is 10.8. The quantitative estimate of drug-likeness (QED) is 0.832. The zero-order valence-corrected chi connectivity index (χ0v) is 10.8. The zero-order chi connectivity index (χ0) is 13.7. The van der Waals surface area contributed by atoms with E-state index in [2.05, 4.69) is 0 Å². The molecule has 0 bridgehead atoms. The number of carbonyl (C=O) groups excluding carboxylic acids is 1. The molecule has 0 saturated heterocycles. The topological polar surface area (TPSA) is 46.5 Å². The van der Waals surface area contributed by atoms with Crippen molar-refractivity contribution in [1.29, 1.82) is 0 Å². The lowest BCUT2D eigenvalue weighted by Gasteiger charge is -2.07. The highest BCUT2D eigenvalue weighted by molar-refractivity contribution is 5.95. The fourth-order valence-corrected chi connectivity index (χ4v) is 1.70. The minimum Gasteiger partial charge on any atom is -0.508 e. The predicted molar refractivity (Wildman–Crippen MR) is 73.5 cm³/mol. The third-order valence-electron chi connectivity index (χ3n) is 2.84. The van der Waals surface area contributed by atoms with Crippen LogP contribution in [-0.2, 0) is 6.61 Å². The lowest BCUT2D eigenvalue weighted by molar-refractivity contribution is 0.0988. The Kier molecular flexibility index (Phi) is 4.18. The third kappa shape index (κ3) is 3.58. The first kappa shape index (κ1) is 13.1. The highest BCUT2D eigenvalue weighted by Gasteiger charge is 2.03. The lowest BCUT2D eigenvalue weighted by Crippen LogP contribution is -1.98. The van der Waals surface area contributed by atoms with Gasteiger partial charge in [-0.05, 0) is 42.0 Å². The van der Waals surface area contributed by atoms with Crippen LogP contribution >= 0.6 is 0 Å². The molecule has 3 nitrogen and oxygen atoms in total. The van der Waals surface area contributed by atoms with Crippen molar-refractivity contribution in [2.45, 2.75) is 20.0 Å². The number of phenols is 1. The maximum absolute atomic E-state index is 11.5. The standard InChI is InChI=1S/C16H16O3/c1-2-16(18)13-5-9-15(10-6-13)19-11-12-3-7-14(17)8-4-12/h3-10,17H,2,11H2,1H3. The number of ketones is 1. The van der Waals surface area contributed by atoms with Crippen molar-refractivity contribution in [2.75, 3.05) is 0 Å². The molecule has 2 aromatic rings. The summed E-state index contributed by atoms with van der Waals surface area (Å²) in [6, 6.07) is 14.0. The average Bonchev–Trinajstić information content (AvgIpc) is 2.46. The number of benzene rings is 2. The van der Waals surface area contributed by atoms with Crippen LogP contribution in [0, 0.1) is 0 Å². The minimum absolute atomic E-state index is 0.130. The molecular formula is C16H16O3. The van der Waals surface area contributed by atoms with Gasteiger partial charge >= 0.3 is 0 Å². The van der Waals surface area contributed by atoms with E-state index in [0.29, 0.717) is 18.6 Å². The number of hydrogen-bond acceptors (Lipinski definition) is 3. The number of hydrogen-bond donors (Lipinski definition) is 1. The summed E-state index contributed by atoms with van der Waals surface area (Å²) in [4.78, 5) is 11.5. The highest BCUT2D eigenvalue weighted by Crippen LogP contribution is 2.16. The second-order valence-corrected chi connectivity index (χ2v) is 4.26. The maximum atomic E-state index is 11.5. The van der Waals surface area contributed by atoms with Crippen molar-refractivity contribution in [3.63, 3.8) is 0 Å². The van der Waals surface area contributed by atoms with Gasteiger partial charge in [0, 0.05) is 12.0 Å². The van der Waals surface area contributed by atoms with Gasteiger partial charge in [-0.15, -0.1) is 0 Å². The Hall–Kier alpha value is -2.29. The number of carbonyl (C=O) groups is 1. The molecule has 98 valence electrons. The minimum atomic E-state index is 0.130. The van der Waals surface area contributed by atoms with E-state index in [1.165, 1.54) is 0 Å². The van der Waals surface area contributed by atoms with Gasteiger partial charge in [-0.1, -0.05) is 19.1 Å². The van der Waals surface area contributed by atoms with Crippen LogP contribution in [0.3, 0.4) is 0 Å². The summed E-state index contributed by atoms with van der Waals surface area (Å²) in [5, 5.41) is 9.18. The molecule has 0 spiro atoms. The molecule has 0 heterocycles. The Morgan fingerprint density at radius 3 is 2.26 bits per heavy atom. The van der Waals surface area contributed by atoms with Crippen molar-refractivity contribution < 1.29 is 14.6 Å². The van der Waals surface area contributed by atoms with E-state index in [0.717, 1.165) is 11.3 Å². The number of aromatic hydroxyl groups is 1. The van der Waals surface area contributed by atoms with E-state index >= 15 is 0 Å². The summed E-state index contributed by atoms with van der Waals surface area (Å²) in [6.07, 6.45) is 0.508. The predicted octanol–water partition coefficient (Wildman–Crippen LogP) is 3.56. The van der Waals surface area contributed by atoms with E-state index in [1.54, 1.807) is 36.4 Å². The van der Waals surface area contributed by atoms with Crippen LogP contribution in [-0.4, -0.2) is 10.9 Å². The van der Waals surface area contributed by atoms with Crippen LogP contribution in [0.15, 0.2) is 48.5 Å². The molecule has 0 radical (unpaired) electrons. The molecule has 0 amide bonds. The fraction of sp³-hybridized carbons (Fsp3) is 0.188. The van der Waals surface area contributed by atoms with Crippen molar-refractivity contribution >= 4 is 5.78 Å². The molecule has 0 saturated carbocycles. The molecule has 0 aliphatic carbocycles. The molecule has 0 aliphatic rings. The second-order valence-electron chi connectivity index (χ2n) is 4.26. The second kappa shape index (κ2) is 6.05. The van der Waals surface area contributed by atoms with Crippen LogP contribution in [0.1, 0.15) is 29.3 Å². The van der Waals surface area contributed by atoms with Gasteiger partial charge in [0.2, 0.25) is 0 Å². The molecule has 3 heteroatoms. The van der Waals surface area contributed by atoms with E-state index in [-0.39, 0.29) is 11.5 Å². The smallest absolute Gasteiger partial charge is 0.162 e. The maximum Gasteiger partial charge on any atom is 0.162 e. The van der Waals surface area contributed by atoms with Crippen molar-refractivity contribution in [2.24, 2.45) is 0 Å². The van der Waals surface area contributed by atoms with Gasteiger partial charge in [-0.2, -0.15) is 0 Å². The number of phenolic OH excluding ortho intramolecular Hbond substituents is 1. The first-order valence-corrected chi connectivity index (χ1v) is 6.23. The average molecular weight is 256 g/mol. The Morgan fingerprint density at radius 2 is 1.68 bits per heavy atom. The molecule has 0 aliphatic heterocycles. The molecule has 0 fully saturated rings. The Balaban J connectivity index is 1.96. The number of Topliss-reactive ketones (excluding diaryl/α,β-unsaturated/α-hetero) is 1. The monoisotopic (exact) mass is 256 g/mol. The van der Waals surface area contributed by atoms with Crippen molar-refractivity contribution in [3.8, 4) is 11.5 Å². The van der Waals surface area contributed by atoms with Crippen LogP contribution in [0.5, 0.6) is 11.5 Å². The van der Waals surface area contributed by atoms with Crippen LogP contribution in [0.2, 0.25) is 0 Å². The normalized spacial score (nSPS) is 10.2. The number of rotatable bonds is 5. The summed E-state index contributed by atoms with van der Waals surface area (Å²) in [5.74, 6) is 1.09. The first-order chi connectivity index (χ1) is 9.19. The third-order valence-corrected chi connectivity index (χ3v) is 2.84. The van der Waals surface area contributed by atoms with E-state index < -0.39 is 0 Å². The Morgan fingerprint density at radius 1 is 1.05 bits per heavy atom. The fourth-order valence-electron chi connectivity index (χ4n) is 1.70. The van der Waals surface area contributed by atoms with E-state index in [4.69, 9.17) is 4.74 Å². The van der Waals surface area contributed by atoms with Gasteiger partial charge in [-0.25, -0.2) is 0 Å². The van der Waals surface area contributed by atoms with Crippen molar-refractivity contribution in [3.05, 3.63) is 59.7 Å². The molecule has 0 aromatic heterocycles. The lowest BCUT2D eigenvalue weighted by atomic mass is 10.1. The largest absolute Gasteiger partial charge is 0.508 e. The van der Waals surface area contributed by atoms with Crippen LogP contribution in [0.25, 0.3) is 0 Å². The summed E-state index contributed by atoms with van der Waals surface area (Å²) >= 11 is 0. The first-order valence-electron chi connectivity index (χ1n) is 6.23. The number of ether oxygens (including phenoxy) is 1. The molecule has 1 N–H and O–H groups in total. The van der Waals surface area contributed by atoms with Gasteiger partial charge < -0.3 is 9.84 Å². The molecular weight excluding hydrogens is 240 g/mol. The molecule has 0 unspecified atom stereocenters. The summed E-state index contributed by atoms with van der Waals surface area (Å²) in [5.41, 5.74) is 1.69. The molecule has 19 heavy (non-hydrogen) atoms. The summed E-state index contributed by atoms with van der Waals surface area (Å²) < 4.78 is 5.61. The van der Waals surface area contributed by atoms with Crippen LogP contribution in [0.4, 0.5) is 0 Å². The SMILES string of the molecule is CCC(=O)c1ccc(OCc2ccc(O)cc2)cc1. The summed E-state index contributed by atoms with van der Waals surface area (Å²) in [7, 11) is 0. The van der Waals surface area contributed by atoms with Crippen LogP contribution < -0.4 is 4.74 Å². The molecule has 0 atom stereocenters. The van der Waals surface area contributed by atoms with Crippen molar-refractivity contribution in [1.82, 2.24) is 0 Å². The van der Waals surface area contributed by atoms with E-state index in [1.807, 2.05) is 19.1 Å². The van der Waals surface area contributed by atoms with Gasteiger partial charge in [0.05, 0.1) is 0 Å². The van der Waals surface area contributed by atoms with E-state index in [9.17, 15) is 9.90 Å². The Labute approximate surface area is 112 Å². The van der Waals surface area contributed by atoms with Gasteiger partial charge in [0.15, 0.2) is 5.78 Å². The van der Waals surface area contributed by atoms with Gasteiger partial charge in [0.25, 0.3) is 0 Å². The Bertz CT molecular complexity index is 541. The molecule has 2 rings (SSSR count).